The van der Waals surface area contributed by atoms with Gasteiger partial charge in [0.1, 0.15) is 11.6 Å². The van der Waals surface area contributed by atoms with E-state index in [0.717, 1.165) is 36.3 Å². The number of nitrogens with zero attached hydrogens (tertiary/aromatic N) is 6. The Bertz CT molecular complexity index is 1280. The van der Waals surface area contributed by atoms with Gasteiger partial charge in [0, 0.05) is 49.8 Å². The molecule has 0 bridgehead atoms. The Morgan fingerprint density at radius 2 is 1.88 bits per heavy atom. The molecule has 1 atom stereocenters. The first-order valence-electron chi connectivity index (χ1n) is 10.3. The van der Waals surface area contributed by atoms with Gasteiger partial charge >= 0.3 is 0 Å². The maximum Gasteiger partial charge on any atom is 0.249 e. The van der Waals surface area contributed by atoms with Gasteiger partial charge in [-0.25, -0.2) is 23.4 Å². The highest BCUT2D eigenvalue weighted by molar-refractivity contribution is 7.90. The molecule has 1 fully saturated rings. The topological polar surface area (TPSA) is 103 Å². The molecule has 0 aliphatic carbocycles. The molecule has 0 saturated carbocycles. The molecule has 3 heterocycles. The van der Waals surface area contributed by atoms with Gasteiger partial charge in [-0.3, -0.25) is 0 Å². The lowest BCUT2D eigenvalue weighted by atomic mass is 10.1. The Morgan fingerprint density at radius 3 is 2.50 bits per heavy atom. The van der Waals surface area contributed by atoms with E-state index in [-0.39, 0.29) is 11.2 Å². The summed E-state index contributed by atoms with van der Waals surface area (Å²) in [7, 11) is -3.61. The number of anilines is 2. The van der Waals surface area contributed by atoms with Crippen molar-refractivity contribution in [2.45, 2.75) is 25.0 Å². The molecule has 9 heteroatoms. The molecule has 0 N–H and O–H groups in total. The van der Waals surface area contributed by atoms with E-state index < -0.39 is 9.84 Å². The second-order valence-corrected chi connectivity index (χ2v) is 9.90. The van der Waals surface area contributed by atoms with Gasteiger partial charge in [0.15, 0.2) is 0 Å². The average molecular weight is 449 g/mol. The van der Waals surface area contributed by atoms with Crippen LogP contribution in [0.3, 0.4) is 0 Å². The number of hydrogen-bond acceptors (Lipinski definition) is 8. The highest BCUT2D eigenvalue weighted by Gasteiger charge is 2.28. The minimum Gasteiger partial charge on any atom is -0.353 e. The number of benzene rings is 1. The smallest absolute Gasteiger partial charge is 0.249 e. The SMILES string of the molecule is Cc1cccnc1N1CCN(c2cc(-c3ccc(C#N)cc3)nc(S(C)(=O)=O)n2)[C@H](C)C1. The molecule has 1 aliphatic rings. The van der Waals surface area contributed by atoms with Crippen molar-refractivity contribution >= 4 is 21.5 Å². The van der Waals surface area contributed by atoms with E-state index in [1.807, 2.05) is 25.1 Å². The molecular formula is C23H24N6O2S. The summed E-state index contributed by atoms with van der Waals surface area (Å²) < 4.78 is 24.6. The lowest BCUT2D eigenvalue weighted by Gasteiger charge is -2.41. The third-order valence-corrected chi connectivity index (χ3v) is 6.38. The van der Waals surface area contributed by atoms with Gasteiger partial charge in [-0.1, -0.05) is 18.2 Å². The second-order valence-electron chi connectivity index (χ2n) is 7.99. The highest BCUT2D eigenvalue weighted by atomic mass is 32.2. The van der Waals surface area contributed by atoms with E-state index in [0.29, 0.717) is 23.6 Å². The van der Waals surface area contributed by atoms with Crippen LogP contribution in [-0.2, 0) is 9.84 Å². The number of nitriles is 1. The predicted molar refractivity (Wildman–Crippen MR) is 123 cm³/mol. The average Bonchev–Trinajstić information content (AvgIpc) is 2.78. The molecule has 8 nitrogen and oxygen atoms in total. The van der Waals surface area contributed by atoms with E-state index in [4.69, 9.17) is 5.26 Å². The summed E-state index contributed by atoms with van der Waals surface area (Å²) in [4.78, 5) is 17.6. The molecule has 4 rings (SSSR count). The lowest BCUT2D eigenvalue weighted by molar-refractivity contribution is 0.538. The molecule has 3 aromatic rings. The summed E-state index contributed by atoms with van der Waals surface area (Å²) in [5, 5.41) is 8.84. The van der Waals surface area contributed by atoms with Crippen molar-refractivity contribution in [3.8, 4) is 17.3 Å². The maximum atomic E-state index is 12.3. The number of hydrogen-bond donors (Lipinski definition) is 0. The molecule has 0 radical (unpaired) electrons. The van der Waals surface area contributed by atoms with Crippen LogP contribution in [0.1, 0.15) is 18.1 Å². The minimum atomic E-state index is -3.61. The molecule has 0 spiro atoms. The van der Waals surface area contributed by atoms with Crippen LogP contribution < -0.4 is 9.80 Å². The van der Waals surface area contributed by atoms with Crippen molar-refractivity contribution in [3.63, 3.8) is 0 Å². The molecule has 0 amide bonds. The standard InChI is InChI=1S/C23H24N6O2S/c1-16-5-4-10-25-22(16)28-11-12-29(17(2)15-28)21-13-20(26-23(27-21)32(3,30)31)19-8-6-18(14-24)7-9-19/h4-10,13,17H,11-12,15H2,1-3H3/t17-/m1/s1. The van der Waals surface area contributed by atoms with Crippen LogP contribution in [0.15, 0.2) is 53.8 Å². The Kier molecular flexibility index (Phi) is 5.80. The van der Waals surface area contributed by atoms with Crippen molar-refractivity contribution in [2.75, 3.05) is 35.7 Å². The zero-order chi connectivity index (χ0) is 22.9. The number of pyridine rings is 1. The summed E-state index contributed by atoms with van der Waals surface area (Å²) >= 11 is 0. The zero-order valence-electron chi connectivity index (χ0n) is 18.2. The highest BCUT2D eigenvalue weighted by Crippen LogP contribution is 2.28. The fraction of sp³-hybridized carbons (Fsp3) is 0.304. The van der Waals surface area contributed by atoms with Gasteiger partial charge in [0.2, 0.25) is 15.0 Å². The van der Waals surface area contributed by atoms with Gasteiger partial charge in [0.25, 0.3) is 0 Å². The van der Waals surface area contributed by atoms with Crippen LogP contribution in [0.5, 0.6) is 0 Å². The van der Waals surface area contributed by atoms with Crippen molar-refractivity contribution in [1.82, 2.24) is 15.0 Å². The summed E-state index contributed by atoms with van der Waals surface area (Å²) in [6.07, 6.45) is 2.91. The minimum absolute atomic E-state index is 0.0845. The van der Waals surface area contributed by atoms with Crippen LogP contribution in [0, 0.1) is 18.3 Å². The number of sulfone groups is 1. The number of rotatable bonds is 4. The Balaban J connectivity index is 1.68. The molecule has 2 aromatic heterocycles. The molecule has 164 valence electrons. The molecule has 32 heavy (non-hydrogen) atoms. The Hall–Kier alpha value is -3.51. The summed E-state index contributed by atoms with van der Waals surface area (Å²) in [6.45, 7) is 6.29. The molecule has 0 unspecified atom stereocenters. The van der Waals surface area contributed by atoms with Gasteiger partial charge in [-0.2, -0.15) is 5.26 Å². The number of aryl methyl sites for hydroxylation is 1. The van der Waals surface area contributed by atoms with E-state index >= 15 is 0 Å². The van der Waals surface area contributed by atoms with Crippen molar-refractivity contribution in [3.05, 3.63) is 59.8 Å². The predicted octanol–water partition coefficient (Wildman–Crippen LogP) is 2.84. The van der Waals surface area contributed by atoms with Crippen LogP contribution in [0.25, 0.3) is 11.3 Å². The van der Waals surface area contributed by atoms with Crippen molar-refractivity contribution in [2.24, 2.45) is 0 Å². The van der Waals surface area contributed by atoms with E-state index in [1.165, 1.54) is 0 Å². The maximum absolute atomic E-state index is 12.3. The van der Waals surface area contributed by atoms with Crippen LogP contribution in [0.2, 0.25) is 0 Å². The van der Waals surface area contributed by atoms with Crippen LogP contribution in [-0.4, -0.2) is 55.3 Å². The summed E-state index contributed by atoms with van der Waals surface area (Å²) in [5.41, 5.74) is 2.89. The van der Waals surface area contributed by atoms with Gasteiger partial charge in [0.05, 0.1) is 17.3 Å². The van der Waals surface area contributed by atoms with E-state index in [2.05, 4.69) is 37.7 Å². The largest absolute Gasteiger partial charge is 0.353 e. The number of piperazine rings is 1. The molecule has 1 aromatic carbocycles. The number of aromatic nitrogens is 3. The quantitative estimate of drug-likeness (QED) is 0.562. The fourth-order valence-electron chi connectivity index (χ4n) is 3.89. The Morgan fingerprint density at radius 1 is 1.12 bits per heavy atom. The van der Waals surface area contributed by atoms with Crippen molar-refractivity contribution in [1.29, 1.82) is 5.26 Å². The normalized spacial score (nSPS) is 16.6. The van der Waals surface area contributed by atoms with Crippen molar-refractivity contribution < 1.29 is 8.42 Å². The first-order valence-corrected chi connectivity index (χ1v) is 12.2. The summed E-state index contributed by atoms with van der Waals surface area (Å²) in [5.74, 6) is 1.54. The molecule has 1 saturated heterocycles. The molecular weight excluding hydrogens is 424 g/mol. The van der Waals surface area contributed by atoms with Gasteiger partial charge in [-0.15, -0.1) is 0 Å². The second kappa shape index (κ2) is 8.55. The van der Waals surface area contributed by atoms with Crippen LogP contribution >= 0.6 is 0 Å². The van der Waals surface area contributed by atoms with Gasteiger partial charge in [-0.05, 0) is 37.6 Å². The van der Waals surface area contributed by atoms with Crippen LogP contribution in [0.4, 0.5) is 11.6 Å². The first-order chi connectivity index (χ1) is 15.3. The lowest BCUT2D eigenvalue weighted by Crippen LogP contribution is -2.53. The monoisotopic (exact) mass is 448 g/mol. The van der Waals surface area contributed by atoms with E-state index in [9.17, 15) is 8.42 Å². The molecule has 1 aliphatic heterocycles. The third-order valence-electron chi connectivity index (χ3n) is 5.54. The first kappa shape index (κ1) is 21.7. The Labute approximate surface area is 188 Å². The van der Waals surface area contributed by atoms with Gasteiger partial charge < -0.3 is 9.80 Å². The zero-order valence-corrected chi connectivity index (χ0v) is 19.0. The third kappa shape index (κ3) is 4.41. The summed E-state index contributed by atoms with van der Waals surface area (Å²) in [6, 6.07) is 14.9. The van der Waals surface area contributed by atoms with E-state index in [1.54, 1.807) is 30.5 Å². The fourth-order valence-corrected chi connectivity index (χ4v) is 4.41.